The lowest BCUT2D eigenvalue weighted by atomic mass is 10.0. The second-order valence-corrected chi connectivity index (χ2v) is 35.8. The number of hydrogen-bond acceptors (Lipinski definition) is 15. The summed E-state index contributed by atoms with van der Waals surface area (Å²) < 4.78 is 89.2. The van der Waals surface area contributed by atoms with Crippen molar-refractivity contribution < 1.29 is 54.8 Å². The molecule has 1 unspecified atom stereocenters. The fourth-order valence-electron chi connectivity index (χ4n) is 17.2. The van der Waals surface area contributed by atoms with Crippen LogP contribution in [0, 0.1) is 41.5 Å². The molecular formula is C104H83N10O6S4+5. The number of furan rings is 6. The first kappa shape index (κ1) is 72.8. The third kappa shape index (κ3) is 13.0. The number of aryl methyl sites for hydroxylation is 11. The van der Waals surface area contributed by atoms with Crippen LogP contribution in [0.25, 0.3) is 215 Å². The Balaban J connectivity index is 0.0000000976. The highest BCUT2D eigenvalue weighted by Gasteiger charge is 2.31. The molecule has 0 radical (unpaired) electrons. The number of rotatable bonds is 6. The molecule has 124 heavy (non-hydrogen) atoms. The van der Waals surface area contributed by atoms with Gasteiger partial charge in [0.05, 0.1) is 115 Å². The van der Waals surface area contributed by atoms with E-state index in [2.05, 4.69) is 180 Å². The SMILES string of the molecule is Cc1cc2c(cc1-c1cncc[n+]1C)sc1c3ccccc3sc21.Cc1cc[n+](C)c(-c2c(C)ccc3c2oc2oc4ccccc4c23)n1.Cc1ccc2c(oc3oc4ccccc4c32)c1-c1nccc[n+]1C.Cc1ccc2c(sc3c4ccccc4sc23)c1-c1cncc[n+]1C.[2H]C([2H])([2H])C([2H])(C)c1cc[n+](C)c(-c2c(C)ccc3c2oc2oc4ccccc4c23)n1. The van der Waals surface area contributed by atoms with Crippen molar-refractivity contribution in [3.63, 3.8) is 0 Å². The van der Waals surface area contributed by atoms with Gasteiger partial charge in [0.25, 0.3) is 17.3 Å². The van der Waals surface area contributed by atoms with Crippen molar-refractivity contribution in [2.24, 2.45) is 35.2 Å². The summed E-state index contributed by atoms with van der Waals surface area (Å²) in [5.74, 6) is 2.03. The van der Waals surface area contributed by atoms with Crippen molar-refractivity contribution in [3.8, 4) is 56.7 Å². The predicted molar refractivity (Wildman–Crippen MR) is 504 cm³/mol. The highest BCUT2D eigenvalue weighted by atomic mass is 32.1. The van der Waals surface area contributed by atoms with Gasteiger partial charge in [-0.15, -0.1) is 45.3 Å². The fourth-order valence-corrected chi connectivity index (χ4v) is 22.7. The van der Waals surface area contributed by atoms with Gasteiger partial charge in [0.15, 0.2) is 40.5 Å². The van der Waals surface area contributed by atoms with Crippen LogP contribution in [-0.4, -0.2) is 24.9 Å². The Morgan fingerprint density at radius 2 is 0.766 bits per heavy atom. The standard InChI is InChI=1S/C23H21N2O2.C21H17N2O2.C20H15N2O2.2C20H15N2S2/c1-13(2)17-11-12-25(4)22(24-17)19-14(3)9-10-16-20-15-7-5-6-8-18(15)26-23(20)27-21(16)19;1-12-8-9-15-18-14-6-4-5-7-16(14)24-21(18)25-19(15)17(12)20-22-13(2)10-11-23(20)3;1-12-8-9-14-17-13-6-3-4-7-15(13)23-20(17)24-18(14)16(12)19-21-10-5-11-22(19)2;1-12-9-15-18(10-14(12)16-11-21-7-8-22(16)2)24-19-13-5-3-4-6-17(13)23-20(15)19;1-12-7-8-14-18(17(12)15-11-21-9-10-22(15)2)24-19-13-5-3-4-6-16(13)23-20(14)19/h5-13H,1-4H3;4-11H,1-3H3;3*3-11H,1-2H3/q5*+1/i1D3,13D;;;;. The molecule has 15 heterocycles. The van der Waals surface area contributed by atoms with E-state index in [1.54, 1.807) is 18.5 Å². The van der Waals surface area contributed by atoms with E-state index in [0.717, 1.165) is 133 Å². The Hall–Kier alpha value is -14.0. The van der Waals surface area contributed by atoms with Crippen LogP contribution in [-0.2, 0) is 35.2 Å². The first-order chi connectivity index (χ1) is 61.9. The smallest absolute Gasteiger partial charge is 0.334 e. The molecule has 0 aliphatic heterocycles. The molecule has 25 rings (SSSR count). The first-order valence-electron chi connectivity index (χ1n) is 42.7. The van der Waals surface area contributed by atoms with Gasteiger partial charge in [-0.1, -0.05) is 153 Å². The molecule has 15 aromatic heterocycles. The quantitative estimate of drug-likeness (QED) is 0.146. The predicted octanol–water partition coefficient (Wildman–Crippen LogP) is 25.9. The van der Waals surface area contributed by atoms with Crippen LogP contribution >= 0.6 is 45.3 Å². The molecule has 0 amide bonds. The topological polar surface area (TPSA) is 163 Å². The van der Waals surface area contributed by atoms with Crippen molar-refractivity contribution >= 4 is 204 Å². The van der Waals surface area contributed by atoms with E-state index >= 15 is 0 Å². The van der Waals surface area contributed by atoms with Crippen LogP contribution in [0.2, 0.25) is 0 Å². The minimum Gasteiger partial charge on any atom is -0.425 e. The minimum atomic E-state index is -2.51. The zero-order chi connectivity index (χ0) is 88.0. The van der Waals surface area contributed by atoms with E-state index in [-0.39, 0.29) is 5.69 Å². The molecule has 0 N–H and O–H groups in total. The van der Waals surface area contributed by atoms with Crippen molar-refractivity contribution in [2.75, 3.05) is 0 Å². The van der Waals surface area contributed by atoms with Gasteiger partial charge >= 0.3 is 17.5 Å². The van der Waals surface area contributed by atoms with Gasteiger partial charge in [-0.25, -0.2) is 13.7 Å². The van der Waals surface area contributed by atoms with Crippen LogP contribution in [0.1, 0.15) is 64.4 Å². The summed E-state index contributed by atoms with van der Waals surface area (Å²) in [6.45, 7) is 11.3. The van der Waals surface area contributed by atoms with Crippen LogP contribution in [0.3, 0.4) is 0 Å². The largest absolute Gasteiger partial charge is 0.425 e. The Morgan fingerprint density at radius 1 is 0.339 bits per heavy atom. The average molecular weight is 1700 g/mol. The monoisotopic (exact) mass is 1700 g/mol. The van der Waals surface area contributed by atoms with Crippen LogP contribution in [0.5, 0.6) is 0 Å². The summed E-state index contributed by atoms with van der Waals surface area (Å²) in [5, 5.41) is 14.6. The third-order valence-electron chi connectivity index (χ3n) is 23.5. The van der Waals surface area contributed by atoms with Gasteiger partial charge in [0.1, 0.15) is 53.7 Å². The number of thiophene rings is 4. The number of hydrogen-bond donors (Lipinski definition) is 0. The number of benzene rings is 10. The molecule has 0 aliphatic rings. The lowest BCUT2D eigenvalue weighted by Crippen LogP contribution is -2.32. The van der Waals surface area contributed by atoms with Gasteiger partial charge < -0.3 is 26.5 Å². The lowest BCUT2D eigenvalue weighted by molar-refractivity contribution is -0.663. The maximum Gasteiger partial charge on any atom is 0.334 e. The van der Waals surface area contributed by atoms with Crippen LogP contribution in [0.15, 0.2) is 289 Å². The maximum absolute atomic E-state index is 8.45. The van der Waals surface area contributed by atoms with E-state index in [4.69, 9.17) is 37.0 Å². The molecule has 0 aliphatic carbocycles. The summed E-state index contributed by atoms with van der Waals surface area (Å²) in [4.78, 5) is 22.6. The summed E-state index contributed by atoms with van der Waals surface area (Å²) >= 11 is 7.62. The van der Waals surface area contributed by atoms with Crippen molar-refractivity contribution in [2.45, 2.75) is 61.2 Å². The average Bonchev–Trinajstić information content (AvgIpc) is 1.56. The van der Waals surface area contributed by atoms with Crippen molar-refractivity contribution in [1.82, 2.24) is 24.9 Å². The molecule has 10 aromatic carbocycles. The summed E-state index contributed by atoms with van der Waals surface area (Å²) in [6.07, 6.45) is 19.1. The molecule has 20 heteroatoms. The minimum absolute atomic E-state index is 0.178. The molecule has 1 atom stereocenters. The number of nitrogens with zero attached hydrogens (tertiary/aromatic N) is 10. The summed E-state index contributed by atoms with van der Waals surface area (Å²) in [5.41, 5.74) is 19.3. The Labute approximate surface area is 732 Å². The molecule has 16 nitrogen and oxygen atoms in total. The van der Waals surface area contributed by atoms with Crippen LogP contribution < -0.4 is 22.8 Å². The molecule has 0 saturated heterocycles. The second kappa shape index (κ2) is 30.8. The van der Waals surface area contributed by atoms with Gasteiger partial charge in [0, 0.05) is 104 Å². The van der Waals surface area contributed by atoms with E-state index in [9.17, 15) is 0 Å². The summed E-state index contributed by atoms with van der Waals surface area (Å²) in [7, 11) is 9.98. The second-order valence-electron chi connectivity index (χ2n) is 31.6. The van der Waals surface area contributed by atoms with Gasteiger partial charge in [-0.3, -0.25) is 9.97 Å². The Bertz CT molecular complexity index is 8760. The third-order valence-corrected chi connectivity index (χ3v) is 28.6. The Kier molecular flexibility index (Phi) is 18.1. The summed E-state index contributed by atoms with van der Waals surface area (Å²) in [6, 6.07) is 68.4. The highest BCUT2D eigenvalue weighted by Crippen LogP contribution is 2.50. The molecule has 0 bridgehead atoms. The number of fused-ring (bicyclic) bond motifs is 25. The fraction of sp³-hybridized carbons (Fsp3) is 0.135. The van der Waals surface area contributed by atoms with Crippen molar-refractivity contribution in [3.05, 3.63) is 301 Å². The number of para-hydroxylation sites is 3. The highest BCUT2D eigenvalue weighted by molar-refractivity contribution is 7.37. The lowest BCUT2D eigenvalue weighted by Gasteiger charge is -2.06. The zero-order valence-corrected chi connectivity index (χ0v) is 73.1. The molecule has 0 fully saturated rings. The van der Waals surface area contributed by atoms with E-state index in [0.29, 0.717) is 28.7 Å². The van der Waals surface area contributed by atoms with E-state index in [1.165, 1.54) is 94.0 Å². The molecular weight excluding hydrogens is 1610 g/mol. The Morgan fingerprint density at radius 3 is 1.28 bits per heavy atom. The van der Waals surface area contributed by atoms with Crippen molar-refractivity contribution in [1.29, 1.82) is 0 Å². The molecule has 0 saturated carbocycles. The van der Waals surface area contributed by atoms with Crippen LogP contribution in [0.4, 0.5) is 0 Å². The van der Waals surface area contributed by atoms with Gasteiger partial charge in [-0.05, 0) is 120 Å². The molecule has 25 aromatic rings. The maximum atomic E-state index is 8.45. The number of aromatic nitrogens is 10. The molecule has 604 valence electrons. The molecule has 0 spiro atoms. The normalized spacial score (nSPS) is 12.9. The van der Waals surface area contributed by atoms with E-state index in [1.807, 2.05) is 229 Å². The van der Waals surface area contributed by atoms with E-state index < -0.39 is 12.7 Å². The van der Waals surface area contributed by atoms with Gasteiger partial charge in [0.2, 0.25) is 11.4 Å². The first-order valence-corrected chi connectivity index (χ1v) is 44.0. The van der Waals surface area contributed by atoms with Gasteiger partial charge in [-0.2, -0.15) is 9.13 Å². The zero-order valence-electron chi connectivity index (χ0n) is 73.9.